The van der Waals surface area contributed by atoms with Gasteiger partial charge in [0.15, 0.2) is 10.7 Å². The van der Waals surface area contributed by atoms with E-state index in [1.165, 1.54) is 6.92 Å². The van der Waals surface area contributed by atoms with Gasteiger partial charge in [-0.3, -0.25) is 0 Å². The van der Waals surface area contributed by atoms with E-state index in [0.29, 0.717) is 5.75 Å². The number of esters is 1. The monoisotopic (exact) mass is 247 g/mol. The van der Waals surface area contributed by atoms with Gasteiger partial charge in [0.1, 0.15) is 5.75 Å². The highest BCUT2D eigenvalue weighted by molar-refractivity contribution is 5.92. The average molecular weight is 247 g/mol. The molecule has 1 N–H and O–H groups in total. The quantitative estimate of drug-likeness (QED) is 0.286. The molecule has 0 saturated carbocycles. The molecule has 0 radical (unpaired) electrons. The Hall–Kier alpha value is -2.35. The average Bonchev–Trinajstić information content (AvgIpc) is 2.23. The molecule has 0 unspecified atom stereocenters. The molecule has 1 rings (SSSR count). The molecule has 18 heavy (non-hydrogen) atoms. The molecule has 0 saturated heterocycles. The predicted molar refractivity (Wildman–Crippen MR) is 66.7 cm³/mol. The highest BCUT2D eigenvalue weighted by Gasteiger charge is 2.30. The minimum atomic E-state index is -0.896. The highest BCUT2D eigenvalue weighted by atomic mass is 16.5. The van der Waals surface area contributed by atoms with Gasteiger partial charge in [0.2, 0.25) is 5.39 Å². The molecule has 0 spiro atoms. The maximum atomic E-state index is 11.7. The van der Waals surface area contributed by atoms with Gasteiger partial charge in [-0.25, -0.2) is 4.79 Å². The lowest BCUT2D eigenvalue weighted by Crippen LogP contribution is -2.12. The second-order valence-corrected chi connectivity index (χ2v) is 4.15. The summed E-state index contributed by atoms with van der Waals surface area (Å²) < 4.78 is 5.13. The minimum Gasteiger partial charge on any atom is -0.505 e. The summed E-state index contributed by atoms with van der Waals surface area (Å²) in [6.07, 6.45) is 0. The Morgan fingerprint density at radius 1 is 1.28 bits per heavy atom. The van der Waals surface area contributed by atoms with Gasteiger partial charge in [-0.1, -0.05) is 17.7 Å². The standard InChI is InChI=1S/C13H14N2O3/c1-7-5-8(2)12(9(3)6-7)18-13(17)11(15-14)10(4)16/h5-6H,1-4H3/p+1. The maximum Gasteiger partial charge on any atom is 0.505 e. The molecule has 0 bridgehead atoms. The summed E-state index contributed by atoms with van der Waals surface area (Å²) >= 11 is 0. The molecule has 0 aliphatic carbocycles. The number of benzene rings is 1. The lowest BCUT2D eigenvalue weighted by atomic mass is 10.1. The zero-order valence-electron chi connectivity index (χ0n) is 10.8. The predicted octanol–water partition coefficient (Wildman–Crippen LogP) is 3.16. The van der Waals surface area contributed by atoms with Crippen LogP contribution in [0.3, 0.4) is 0 Å². The normalized spacial score (nSPS) is 11.5. The molecule has 0 heterocycles. The van der Waals surface area contributed by atoms with Gasteiger partial charge < -0.3 is 9.84 Å². The number of carbonyl (C=O) groups excluding carboxylic acids is 1. The molecule has 1 aromatic carbocycles. The van der Waals surface area contributed by atoms with Gasteiger partial charge in [0.05, 0.1) is 0 Å². The summed E-state index contributed by atoms with van der Waals surface area (Å²) in [5.41, 5.74) is 2.16. The van der Waals surface area contributed by atoms with Crippen LogP contribution in [-0.4, -0.2) is 11.1 Å². The maximum absolute atomic E-state index is 11.7. The van der Waals surface area contributed by atoms with Crippen LogP contribution in [0, 0.1) is 26.2 Å². The van der Waals surface area contributed by atoms with Crippen LogP contribution in [0.25, 0.3) is 4.98 Å². The number of diazo groups is 1. The van der Waals surface area contributed by atoms with Crippen molar-refractivity contribution in [3.8, 4) is 5.75 Å². The fourth-order valence-electron chi connectivity index (χ4n) is 1.73. The molecule has 0 aliphatic rings. The highest BCUT2D eigenvalue weighted by Crippen LogP contribution is 2.25. The first-order valence-electron chi connectivity index (χ1n) is 5.41. The first-order valence-corrected chi connectivity index (χ1v) is 5.41. The zero-order chi connectivity index (χ0) is 13.9. The van der Waals surface area contributed by atoms with E-state index in [4.69, 9.17) is 15.2 Å². The number of hydrogen-bond acceptors (Lipinski definition) is 4. The Morgan fingerprint density at radius 3 is 2.17 bits per heavy atom. The SMILES string of the molecule is C/C(O)=C(\[N+]#N)C(=O)Oc1c(C)cc(C)cc1C. The molecule has 5 nitrogen and oxygen atoms in total. The van der Waals surface area contributed by atoms with Gasteiger partial charge in [-0.15, -0.1) is 0 Å². The summed E-state index contributed by atoms with van der Waals surface area (Å²) in [5, 5.41) is 17.8. The minimum absolute atomic E-state index is 0.398. The molecule has 0 amide bonds. The number of hydrogen-bond donors (Lipinski definition) is 1. The molecule has 0 aromatic heterocycles. The number of aliphatic hydroxyl groups is 1. The van der Waals surface area contributed by atoms with Crippen LogP contribution in [0.4, 0.5) is 0 Å². The van der Waals surface area contributed by atoms with E-state index in [0.717, 1.165) is 16.7 Å². The molecular formula is C13H15N2O3+. The topological polar surface area (TPSA) is 74.7 Å². The van der Waals surface area contributed by atoms with Crippen molar-refractivity contribution in [1.82, 2.24) is 0 Å². The van der Waals surface area contributed by atoms with Crippen LogP contribution >= 0.6 is 0 Å². The van der Waals surface area contributed by atoms with Gasteiger partial charge in [-0.2, -0.15) is 0 Å². The zero-order valence-corrected chi connectivity index (χ0v) is 10.8. The lowest BCUT2D eigenvalue weighted by Gasteiger charge is -2.09. The number of carbonyl (C=O) groups is 1. The van der Waals surface area contributed by atoms with Crippen molar-refractivity contribution in [2.75, 3.05) is 0 Å². The van der Waals surface area contributed by atoms with E-state index in [1.54, 1.807) is 0 Å². The third-order valence-corrected chi connectivity index (χ3v) is 2.44. The van der Waals surface area contributed by atoms with Crippen molar-refractivity contribution >= 4 is 5.97 Å². The molecule has 0 atom stereocenters. The van der Waals surface area contributed by atoms with Crippen LogP contribution < -0.4 is 4.74 Å². The van der Waals surface area contributed by atoms with Crippen molar-refractivity contribution in [1.29, 1.82) is 5.39 Å². The number of allylic oxidation sites excluding steroid dienone is 1. The van der Waals surface area contributed by atoms with Gasteiger partial charge in [0.25, 0.3) is 0 Å². The van der Waals surface area contributed by atoms with E-state index in [-0.39, 0.29) is 0 Å². The second-order valence-electron chi connectivity index (χ2n) is 4.15. The van der Waals surface area contributed by atoms with Gasteiger partial charge in [-0.05, 0) is 31.9 Å². The summed E-state index contributed by atoms with van der Waals surface area (Å²) in [6, 6.07) is 3.75. The molecular weight excluding hydrogens is 232 g/mol. The largest absolute Gasteiger partial charge is 0.505 e. The number of nitrogens with zero attached hydrogens (tertiary/aromatic N) is 2. The number of aliphatic hydroxyl groups excluding tert-OH is 1. The Kier molecular flexibility index (Phi) is 4.05. The fourth-order valence-corrected chi connectivity index (χ4v) is 1.73. The Morgan fingerprint density at radius 2 is 1.78 bits per heavy atom. The van der Waals surface area contributed by atoms with Crippen molar-refractivity contribution in [2.24, 2.45) is 0 Å². The summed E-state index contributed by atoms with van der Waals surface area (Å²) in [7, 11) is 0. The third-order valence-electron chi connectivity index (χ3n) is 2.44. The van der Waals surface area contributed by atoms with Crippen LogP contribution in [-0.2, 0) is 4.79 Å². The van der Waals surface area contributed by atoms with Crippen LogP contribution in [0.15, 0.2) is 23.6 Å². The van der Waals surface area contributed by atoms with Crippen molar-refractivity contribution < 1.29 is 14.6 Å². The molecule has 94 valence electrons. The fraction of sp³-hybridized carbons (Fsp3) is 0.308. The van der Waals surface area contributed by atoms with E-state index >= 15 is 0 Å². The Labute approximate surface area is 105 Å². The third kappa shape index (κ3) is 2.86. The van der Waals surface area contributed by atoms with Gasteiger partial charge >= 0.3 is 11.7 Å². The van der Waals surface area contributed by atoms with Crippen molar-refractivity contribution in [3.63, 3.8) is 0 Å². The summed E-state index contributed by atoms with van der Waals surface area (Å²) in [5.74, 6) is -0.884. The number of aryl methyl sites for hydroxylation is 3. The summed E-state index contributed by atoms with van der Waals surface area (Å²) in [4.78, 5) is 14.4. The van der Waals surface area contributed by atoms with E-state index < -0.39 is 17.4 Å². The van der Waals surface area contributed by atoms with Crippen LogP contribution in [0.5, 0.6) is 5.75 Å². The Bertz CT molecular complexity index is 541. The van der Waals surface area contributed by atoms with E-state index in [2.05, 4.69) is 4.98 Å². The van der Waals surface area contributed by atoms with E-state index in [1.807, 2.05) is 32.9 Å². The van der Waals surface area contributed by atoms with Crippen LogP contribution in [0.1, 0.15) is 23.6 Å². The van der Waals surface area contributed by atoms with E-state index in [9.17, 15) is 4.79 Å². The van der Waals surface area contributed by atoms with Crippen molar-refractivity contribution in [3.05, 3.63) is 45.3 Å². The number of rotatable bonds is 2. The molecule has 0 fully saturated rings. The second kappa shape index (κ2) is 5.32. The Balaban J connectivity index is 3.11. The van der Waals surface area contributed by atoms with Crippen molar-refractivity contribution in [2.45, 2.75) is 27.7 Å². The van der Waals surface area contributed by atoms with Gasteiger partial charge in [0, 0.05) is 6.92 Å². The first kappa shape index (κ1) is 13.7. The first-order chi connectivity index (χ1) is 8.36. The molecule has 1 aromatic rings. The molecule has 5 heteroatoms. The summed E-state index contributed by atoms with van der Waals surface area (Å²) in [6.45, 7) is 6.81. The molecule has 0 aliphatic heterocycles. The smallest absolute Gasteiger partial charge is 0.505 e. The lowest BCUT2D eigenvalue weighted by molar-refractivity contribution is -0.130. The van der Waals surface area contributed by atoms with Crippen LogP contribution in [0.2, 0.25) is 0 Å². The number of ether oxygens (including phenoxy) is 1.